The number of carboxylic acids is 1. The molecular weight excluding hydrogens is 268 g/mol. The van der Waals surface area contributed by atoms with Crippen molar-refractivity contribution in [1.29, 1.82) is 0 Å². The van der Waals surface area contributed by atoms with E-state index < -0.39 is 5.97 Å². The number of carbonyl (C=O) groups is 2. The minimum absolute atomic E-state index is 0.0157. The second-order valence-electron chi connectivity index (χ2n) is 6.69. The third-order valence-corrected chi connectivity index (χ3v) is 5.21. The average Bonchev–Trinajstić information content (AvgIpc) is 2.94. The van der Waals surface area contributed by atoms with Gasteiger partial charge < -0.3 is 15.7 Å². The van der Waals surface area contributed by atoms with E-state index in [9.17, 15) is 9.59 Å². The molecule has 0 saturated heterocycles. The lowest BCUT2D eigenvalue weighted by molar-refractivity contribution is -0.141. The van der Waals surface area contributed by atoms with E-state index in [1.165, 1.54) is 32.1 Å². The summed E-state index contributed by atoms with van der Waals surface area (Å²) in [6.07, 6.45) is 8.26. The molecule has 3 N–H and O–H groups in total. The van der Waals surface area contributed by atoms with Crippen LogP contribution in [0, 0.1) is 17.8 Å². The largest absolute Gasteiger partial charge is 0.481 e. The molecule has 2 atom stereocenters. The number of carboxylic acid groups (broad SMARTS) is 1. The first-order chi connectivity index (χ1) is 10.1. The van der Waals surface area contributed by atoms with Crippen LogP contribution in [-0.2, 0) is 4.79 Å². The second-order valence-corrected chi connectivity index (χ2v) is 6.69. The molecule has 2 aliphatic rings. The van der Waals surface area contributed by atoms with Crippen LogP contribution in [0.5, 0.6) is 0 Å². The summed E-state index contributed by atoms with van der Waals surface area (Å²) in [7, 11) is 0. The van der Waals surface area contributed by atoms with Gasteiger partial charge in [-0.2, -0.15) is 0 Å². The van der Waals surface area contributed by atoms with Crippen molar-refractivity contribution in [3.05, 3.63) is 0 Å². The lowest BCUT2D eigenvalue weighted by atomic mass is 9.81. The normalized spacial score (nSPS) is 32.6. The summed E-state index contributed by atoms with van der Waals surface area (Å²) in [5.41, 5.74) is 0. The van der Waals surface area contributed by atoms with Gasteiger partial charge >= 0.3 is 12.0 Å². The first kappa shape index (κ1) is 16.1. The van der Waals surface area contributed by atoms with Gasteiger partial charge in [-0.1, -0.05) is 26.2 Å². The fourth-order valence-electron chi connectivity index (χ4n) is 3.65. The lowest BCUT2D eigenvalue weighted by Crippen LogP contribution is -2.43. The maximum Gasteiger partial charge on any atom is 0.315 e. The molecule has 0 aromatic carbocycles. The standard InChI is InChI=1S/C16H28N2O3/c1-2-11-3-5-12(6-4-11)10-17-16(21)18-14-8-7-13(9-14)15(19)20/h11-14H,2-10H2,1H3,(H,19,20)(H2,17,18,21). The fourth-order valence-corrected chi connectivity index (χ4v) is 3.65. The first-order valence-corrected chi connectivity index (χ1v) is 8.35. The zero-order valence-corrected chi connectivity index (χ0v) is 12.9. The molecule has 2 fully saturated rings. The van der Waals surface area contributed by atoms with Crippen molar-refractivity contribution in [1.82, 2.24) is 10.6 Å². The monoisotopic (exact) mass is 296 g/mol. The zero-order valence-electron chi connectivity index (χ0n) is 12.9. The SMILES string of the molecule is CCC1CCC(CNC(=O)NC2CCC(C(=O)O)C2)CC1. The van der Waals surface area contributed by atoms with Crippen molar-refractivity contribution in [2.45, 2.75) is 64.3 Å². The van der Waals surface area contributed by atoms with E-state index in [1.54, 1.807) is 0 Å². The summed E-state index contributed by atoms with van der Waals surface area (Å²) in [5, 5.41) is 14.8. The summed E-state index contributed by atoms with van der Waals surface area (Å²) in [6, 6.07) is -0.120. The van der Waals surface area contributed by atoms with Gasteiger partial charge in [0.15, 0.2) is 0 Å². The highest BCUT2D eigenvalue weighted by Crippen LogP contribution is 2.30. The molecule has 5 nitrogen and oxygen atoms in total. The summed E-state index contributed by atoms with van der Waals surface area (Å²) in [6.45, 7) is 3.00. The summed E-state index contributed by atoms with van der Waals surface area (Å²) in [5.74, 6) is 0.447. The number of rotatable bonds is 5. The molecule has 0 radical (unpaired) electrons. The van der Waals surface area contributed by atoms with Crippen molar-refractivity contribution in [2.75, 3.05) is 6.54 Å². The van der Waals surface area contributed by atoms with Crippen LogP contribution in [0.4, 0.5) is 4.79 Å². The molecule has 0 aromatic rings. The van der Waals surface area contributed by atoms with Gasteiger partial charge in [-0.25, -0.2) is 4.79 Å². The highest BCUT2D eigenvalue weighted by Gasteiger charge is 2.30. The van der Waals surface area contributed by atoms with Crippen LogP contribution in [0.2, 0.25) is 0 Å². The molecule has 2 amide bonds. The Morgan fingerprint density at radius 1 is 1.05 bits per heavy atom. The highest BCUT2D eigenvalue weighted by atomic mass is 16.4. The second kappa shape index (κ2) is 7.66. The van der Waals surface area contributed by atoms with E-state index in [1.807, 2.05) is 0 Å². The van der Waals surface area contributed by atoms with Gasteiger partial charge in [-0.3, -0.25) is 4.79 Å². The van der Waals surface area contributed by atoms with Crippen molar-refractivity contribution in [2.24, 2.45) is 17.8 Å². The number of urea groups is 1. The third kappa shape index (κ3) is 4.90. The molecule has 0 aliphatic heterocycles. The molecule has 2 aliphatic carbocycles. The van der Waals surface area contributed by atoms with Gasteiger partial charge in [-0.15, -0.1) is 0 Å². The number of hydrogen-bond donors (Lipinski definition) is 3. The van der Waals surface area contributed by atoms with Crippen LogP contribution in [0.15, 0.2) is 0 Å². The van der Waals surface area contributed by atoms with Gasteiger partial charge in [0.25, 0.3) is 0 Å². The predicted octanol–water partition coefficient (Wildman–Crippen LogP) is 2.76. The number of carbonyl (C=O) groups excluding carboxylic acids is 1. The van der Waals surface area contributed by atoms with Crippen molar-refractivity contribution in [3.8, 4) is 0 Å². The molecule has 2 unspecified atom stereocenters. The number of hydrogen-bond acceptors (Lipinski definition) is 2. The molecule has 120 valence electrons. The Bertz CT molecular complexity index is 365. The van der Waals surface area contributed by atoms with Crippen LogP contribution >= 0.6 is 0 Å². The van der Waals surface area contributed by atoms with Gasteiger partial charge in [0.2, 0.25) is 0 Å². The molecule has 0 aromatic heterocycles. The van der Waals surface area contributed by atoms with Gasteiger partial charge in [0.1, 0.15) is 0 Å². The fraction of sp³-hybridized carbons (Fsp3) is 0.875. The Morgan fingerprint density at radius 2 is 1.71 bits per heavy atom. The topological polar surface area (TPSA) is 78.4 Å². The number of nitrogens with one attached hydrogen (secondary N) is 2. The molecular formula is C16H28N2O3. The van der Waals surface area contributed by atoms with E-state index in [0.29, 0.717) is 18.8 Å². The minimum atomic E-state index is -0.743. The van der Waals surface area contributed by atoms with Crippen LogP contribution in [0.25, 0.3) is 0 Å². The van der Waals surface area contributed by atoms with Gasteiger partial charge in [0, 0.05) is 12.6 Å². The maximum atomic E-state index is 11.9. The first-order valence-electron chi connectivity index (χ1n) is 8.35. The van der Waals surface area contributed by atoms with Gasteiger partial charge in [0.05, 0.1) is 5.92 Å². The van der Waals surface area contributed by atoms with Crippen LogP contribution < -0.4 is 10.6 Å². The molecule has 5 heteroatoms. The summed E-state index contributed by atoms with van der Waals surface area (Å²) >= 11 is 0. The Hall–Kier alpha value is -1.26. The number of aliphatic carboxylic acids is 1. The number of amides is 2. The van der Waals surface area contributed by atoms with E-state index in [2.05, 4.69) is 17.6 Å². The van der Waals surface area contributed by atoms with Crippen LogP contribution in [-0.4, -0.2) is 29.7 Å². The maximum absolute atomic E-state index is 11.9. The molecule has 0 heterocycles. The van der Waals surface area contributed by atoms with E-state index in [4.69, 9.17) is 5.11 Å². The smallest absolute Gasteiger partial charge is 0.315 e. The molecule has 2 rings (SSSR count). The van der Waals surface area contributed by atoms with E-state index in [0.717, 1.165) is 18.9 Å². The van der Waals surface area contributed by atoms with Crippen molar-refractivity contribution < 1.29 is 14.7 Å². The Kier molecular flexibility index (Phi) is 5.88. The average molecular weight is 296 g/mol. The quantitative estimate of drug-likeness (QED) is 0.730. The zero-order chi connectivity index (χ0) is 15.2. The van der Waals surface area contributed by atoms with E-state index >= 15 is 0 Å². The van der Waals surface area contributed by atoms with E-state index in [-0.39, 0.29) is 18.0 Å². The van der Waals surface area contributed by atoms with Gasteiger partial charge in [-0.05, 0) is 43.9 Å². The van der Waals surface area contributed by atoms with Crippen molar-refractivity contribution in [3.63, 3.8) is 0 Å². The Balaban J connectivity index is 1.61. The Labute approximate surface area is 126 Å². The van der Waals surface area contributed by atoms with Crippen molar-refractivity contribution >= 4 is 12.0 Å². The Morgan fingerprint density at radius 3 is 2.29 bits per heavy atom. The molecule has 0 bridgehead atoms. The molecule has 2 saturated carbocycles. The summed E-state index contributed by atoms with van der Waals surface area (Å²) < 4.78 is 0. The third-order valence-electron chi connectivity index (χ3n) is 5.21. The minimum Gasteiger partial charge on any atom is -0.481 e. The lowest BCUT2D eigenvalue weighted by Gasteiger charge is -2.28. The molecule has 21 heavy (non-hydrogen) atoms. The molecule has 0 spiro atoms. The van der Waals surface area contributed by atoms with Crippen LogP contribution in [0.3, 0.4) is 0 Å². The predicted molar refractivity (Wildman–Crippen MR) is 81.0 cm³/mol. The van der Waals surface area contributed by atoms with Crippen LogP contribution in [0.1, 0.15) is 58.3 Å². The highest BCUT2D eigenvalue weighted by molar-refractivity contribution is 5.75. The summed E-state index contributed by atoms with van der Waals surface area (Å²) in [4.78, 5) is 22.8.